The summed E-state index contributed by atoms with van der Waals surface area (Å²) < 4.78 is 2.23. The summed E-state index contributed by atoms with van der Waals surface area (Å²) in [4.78, 5) is 4.87. The van der Waals surface area contributed by atoms with E-state index in [0.29, 0.717) is 0 Å². The zero-order valence-corrected chi connectivity index (χ0v) is 13.8. The molecular formula is C17H25N3S. The molecule has 0 aliphatic heterocycles. The highest BCUT2D eigenvalue weighted by molar-refractivity contribution is 7.99. The monoisotopic (exact) mass is 303 g/mol. The van der Waals surface area contributed by atoms with Gasteiger partial charge in [-0.1, -0.05) is 32.8 Å². The molecule has 0 aromatic carbocycles. The lowest BCUT2D eigenvalue weighted by molar-refractivity contribution is 0.394. The molecule has 0 radical (unpaired) electrons. The van der Waals surface area contributed by atoms with Crippen LogP contribution in [0.5, 0.6) is 0 Å². The number of nitrogens with one attached hydrogen (secondary N) is 1. The maximum Gasteiger partial charge on any atom is 0.138 e. The Bertz CT molecular complexity index is 593. The van der Waals surface area contributed by atoms with E-state index in [1.807, 2.05) is 11.8 Å². The van der Waals surface area contributed by atoms with E-state index in [4.69, 9.17) is 4.98 Å². The zero-order valence-electron chi connectivity index (χ0n) is 13.0. The third-order valence-electron chi connectivity index (χ3n) is 4.30. The summed E-state index contributed by atoms with van der Waals surface area (Å²) in [5, 5.41) is 5.41. The second-order valence-electron chi connectivity index (χ2n) is 6.08. The maximum absolute atomic E-state index is 4.87. The van der Waals surface area contributed by atoms with E-state index >= 15 is 0 Å². The average Bonchev–Trinajstić information content (AvgIpc) is 2.82. The Labute approximate surface area is 131 Å². The lowest BCUT2D eigenvalue weighted by atomic mass is 9.91. The Morgan fingerprint density at radius 2 is 2.29 bits per heavy atom. The van der Waals surface area contributed by atoms with Gasteiger partial charge in [-0.2, -0.15) is 0 Å². The molecule has 3 rings (SSSR count). The summed E-state index contributed by atoms with van der Waals surface area (Å²) in [6.07, 6.45) is 7.56. The van der Waals surface area contributed by atoms with Gasteiger partial charge in [-0.15, -0.1) is 11.8 Å². The van der Waals surface area contributed by atoms with Crippen LogP contribution in [0.15, 0.2) is 29.4 Å². The average molecular weight is 303 g/mol. The van der Waals surface area contributed by atoms with Crippen molar-refractivity contribution in [3.63, 3.8) is 0 Å². The molecule has 2 atom stereocenters. The van der Waals surface area contributed by atoms with E-state index in [9.17, 15) is 0 Å². The number of fused-ring (bicyclic) bond motifs is 1. The van der Waals surface area contributed by atoms with Crippen LogP contribution in [0.4, 0.5) is 0 Å². The lowest BCUT2D eigenvalue weighted by Crippen LogP contribution is -2.17. The quantitative estimate of drug-likeness (QED) is 0.901. The maximum atomic E-state index is 4.87. The first-order valence-electron chi connectivity index (χ1n) is 8.11. The summed E-state index contributed by atoms with van der Waals surface area (Å²) in [6, 6.07) is 6.25. The molecule has 1 aliphatic carbocycles. The number of hydrogen-bond acceptors (Lipinski definition) is 3. The Balaban J connectivity index is 1.85. The molecule has 2 unspecified atom stereocenters. The molecule has 2 heterocycles. The minimum Gasteiger partial charge on any atom is -0.311 e. The Hall–Kier alpha value is -1.00. The first-order chi connectivity index (χ1) is 10.3. The normalized spacial score (nSPS) is 22.8. The second kappa shape index (κ2) is 6.84. The smallest absolute Gasteiger partial charge is 0.138 e. The minimum absolute atomic E-state index is 0.735. The van der Waals surface area contributed by atoms with Crippen LogP contribution in [0, 0.1) is 5.92 Å². The van der Waals surface area contributed by atoms with Crippen LogP contribution in [0.1, 0.15) is 45.2 Å². The predicted molar refractivity (Wildman–Crippen MR) is 89.8 cm³/mol. The fourth-order valence-corrected chi connectivity index (χ4v) is 4.64. The Morgan fingerprint density at radius 1 is 1.38 bits per heavy atom. The molecule has 0 bridgehead atoms. The van der Waals surface area contributed by atoms with Gasteiger partial charge in [0, 0.05) is 18.0 Å². The van der Waals surface area contributed by atoms with Crippen molar-refractivity contribution >= 4 is 17.4 Å². The van der Waals surface area contributed by atoms with Gasteiger partial charge in [0.05, 0.1) is 5.69 Å². The van der Waals surface area contributed by atoms with Crippen molar-refractivity contribution in [3.05, 3.63) is 30.1 Å². The molecule has 0 saturated heterocycles. The molecule has 1 aliphatic rings. The third-order valence-corrected chi connectivity index (χ3v) is 5.61. The fraction of sp³-hybridized carbons (Fsp3) is 0.588. The van der Waals surface area contributed by atoms with Crippen LogP contribution in [-0.2, 0) is 6.54 Å². The molecular weight excluding hydrogens is 278 g/mol. The molecule has 2 aromatic rings. The van der Waals surface area contributed by atoms with Crippen molar-refractivity contribution in [1.82, 2.24) is 14.7 Å². The van der Waals surface area contributed by atoms with Crippen molar-refractivity contribution < 1.29 is 0 Å². The lowest BCUT2D eigenvalue weighted by Gasteiger charge is -2.25. The first-order valence-corrected chi connectivity index (χ1v) is 8.99. The van der Waals surface area contributed by atoms with Gasteiger partial charge >= 0.3 is 0 Å². The molecule has 4 heteroatoms. The van der Waals surface area contributed by atoms with Crippen LogP contribution in [0.25, 0.3) is 5.65 Å². The molecule has 3 nitrogen and oxygen atoms in total. The molecule has 1 N–H and O–H groups in total. The zero-order chi connectivity index (χ0) is 14.7. The molecule has 0 amide bonds. The number of aromatic nitrogens is 2. The van der Waals surface area contributed by atoms with Crippen LogP contribution in [-0.4, -0.2) is 21.2 Å². The van der Waals surface area contributed by atoms with E-state index < -0.39 is 0 Å². The predicted octanol–water partition coefficient (Wildman–Crippen LogP) is 4.11. The number of imidazole rings is 1. The molecule has 114 valence electrons. The third kappa shape index (κ3) is 3.43. The van der Waals surface area contributed by atoms with E-state index in [-0.39, 0.29) is 0 Å². The highest BCUT2D eigenvalue weighted by atomic mass is 32.2. The number of nitrogens with zero attached hydrogens (tertiary/aromatic N) is 2. The van der Waals surface area contributed by atoms with Gasteiger partial charge < -0.3 is 9.72 Å². The van der Waals surface area contributed by atoms with E-state index in [1.165, 1.54) is 36.4 Å². The Kier molecular flexibility index (Phi) is 4.86. The SMILES string of the molecule is CCNCc1c(SC2CCCC(C)C2)nc2ccccn12. The number of hydrogen-bond donors (Lipinski definition) is 1. The largest absolute Gasteiger partial charge is 0.311 e. The van der Waals surface area contributed by atoms with Crippen LogP contribution in [0.2, 0.25) is 0 Å². The summed E-state index contributed by atoms with van der Waals surface area (Å²) in [7, 11) is 0. The van der Waals surface area contributed by atoms with Crippen molar-refractivity contribution in [2.24, 2.45) is 5.92 Å². The van der Waals surface area contributed by atoms with Crippen molar-refractivity contribution in [3.8, 4) is 0 Å². The molecule has 1 saturated carbocycles. The van der Waals surface area contributed by atoms with Crippen molar-refractivity contribution in [2.45, 2.75) is 56.4 Å². The molecule has 0 spiro atoms. The first kappa shape index (κ1) is 14.9. The molecule has 21 heavy (non-hydrogen) atoms. The summed E-state index contributed by atoms with van der Waals surface area (Å²) in [6.45, 7) is 6.42. The summed E-state index contributed by atoms with van der Waals surface area (Å²) in [5.74, 6) is 0.866. The van der Waals surface area contributed by atoms with Crippen LogP contribution < -0.4 is 5.32 Å². The standard InChI is InChI=1S/C17H25N3S/c1-3-18-12-15-17(19-16-9-4-5-10-20(15)16)21-14-8-6-7-13(2)11-14/h4-5,9-10,13-14,18H,3,6-8,11-12H2,1-2H3. The summed E-state index contributed by atoms with van der Waals surface area (Å²) >= 11 is 2.00. The minimum atomic E-state index is 0.735. The van der Waals surface area contributed by atoms with Crippen molar-refractivity contribution in [1.29, 1.82) is 0 Å². The van der Waals surface area contributed by atoms with Gasteiger partial charge in [-0.3, -0.25) is 0 Å². The number of pyridine rings is 1. The summed E-state index contributed by atoms with van der Waals surface area (Å²) in [5.41, 5.74) is 2.38. The van der Waals surface area contributed by atoms with Gasteiger partial charge in [0.15, 0.2) is 0 Å². The van der Waals surface area contributed by atoms with Crippen LogP contribution in [0.3, 0.4) is 0 Å². The topological polar surface area (TPSA) is 29.3 Å². The van der Waals surface area contributed by atoms with Gasteiger partial charge in [0.2, 0.25) is 0 Å². The van der Waals surface area contributed by atoms with Crippen LogP contribution >= 0.6 is 11.8 Å². The Morgan fingerprint density at radius 3 is 3.10 bits per heavy atom. The fourth-order valence-electron chi connectivity index (χ4n) is 3.17. The number of rotatable bonds is 5. The van der Waals surface area contributed by atoms with E-state index in [1.54, 1.807) is 0 Å². The van der Waals surface area contributed by atoms with Gasteiger partial charge in [0.25, 0.3) is 0 Å². The van der Waals surface area contributed by atoms with E-state index in [2.05, 4.69) is 48.0 Å². The highest BCUT2D eigenvalue weighted by Gasteiger charge is 2.22. The van der Waals surface area contributed by atoms with E-state index in [0.717, 1.165) is 29.9 Å². The van der Waals surface area contributed by atoms with Gasteiger partial charge in [-0.25, -0.2) is 4.98 Å². The van der Waals surface area contributed by atoms with Gasteiger partial charge in [-0.05, 0) is 37.4 Å². The number of thioether (sulfide) groups is 1. The highest BCUT2D eigenvalue weighted by Crippen LogP contribution is 2.37. The second-order valence-corrected chi connectivity index (χ2v) is 7.37. The molecule has 1 fully saturated rings. The van der Waals surface area contributed by atoms with Crippen molar-refractivity contribution in [2.75, 3.05) is 6.54 Å². The molecule has 2 aromatic heterocycles. The van der Waals surface area contributed by atoms with Gasteiger partial charge in [0.1, 0.15) is 10.7 Å².